The predicted molar refractivity (Wildman–Crippen MR) is 68.5 cm³/mol. The van der Waals surface area contributed by atoms with Crippen molar-refractivity contribution in [2.75, 3.05) is 7.11 Å². The van der Waals surface area contributed by atoms with Crippen molar-refractivity contribution in [2.24, 2.45) is 4.40 Å². The molecule has 0 bridgehead atoms. The van der Waals surface area contributed by atoms with Gasteiger partial charge in [-0.25, -0.2) is 4.21 Å². The molecule has 88 valence electrons. The highest BCUT2D eigenvalue weighted by Crippen LogP contribution is 2.13. The lowest BCUT2D eigenvalue weighted by Crippen LogP contribution is -2.19. The second kappa shape index (κ2) is 5.25. The number of rotatable bonds is 3. The number of benzene rings is 1. The third-order valence-corrected chi connectivity index (χ3v) is 3.28. The molecule has 16 heavy (non-hydrogen) atoms. The maximum atomic E-state index is 11.6. The second-order valence-electron chi connectivity index (χ2n) is 4.37. The maximum absolute atomic E-state index is 11.6. The Bertz CT molecular complexity index is 390. The van der Waals surface area contributed by atoms with E-state index in [4.69, 9.17) is 4.74 Å². The SMILES string of the molecule is COc1ccc(/C=N/S(=O)C(C)(C)C)cc1. The lowest BCUT2D eigenvalue weighted by atomic mass is 10.2. The van der Waals surface area contributed by atoms with Crippen LogP contribution in [0.3, 0.4) is 0 Å². The van der Waals surface area contributed by atoms with Crippen molar-refractivity contribution in [1.29, 1.82) is 0 Å². The van der Waals surface area contributed by atoms with E-state index in [0.29, 0.717) is 0 Å². The van der Waals surface area contributed by atoms with Crippen molar-refractivity contribution >= 4 is 17.2 Å². The van der Waals surface area contributed by atoms with Crippen LogP contribution in [0.4, 0.5) is 0 Å². The molecule has 0 aromatic heterocycles. The zero-order valence-electron chi connectivity index (χ0n) is 10.1. The van der Waals surface area contributed by atoms with Crippen LogP contribution >= 0.6 is 0 Å². The summed E-state index contributed by atoms with van der Waals surface area (Å²) in [5, 5.41) is 0. The predicted octanol–water partition coefficient (Wildman–Crippen LogP) is 2.58. The topological polar surface area (TPSA) is 38.7 Å². The van der Waals surface area contributed by atoms with Crippen LogP contribution in [0.5, 0.6) is 5.75 Å². The average molecular weight is 239 g/mol. The van der Waals surface area contributed by atoms with E-state index in [1.165, 1.54) is 0 Å². The van der Waals surface area contributed by atoms with Gasteiger partial charge in [-0.15, -0.1) is 0 Å². The van der Waals surface area contributed by atoms with Crippen LogP contribution < -0.4 is 4.74 Å². The zero-order chi connectivity index (χ0) is 12.2. The monoisotopic (exact) mass is 239 g/mol. The van der Waals surface area contributed by atoms with Gasteiger partial charge in [-0.1, -0.05) is 0 Å². The zero-order valence-corrected chi connectivity index (χ0v) is 10.9. The summed E-state index contributed by atoms with van der Waals surface area (Å²) in [5.41, 5.74) is 0.915. The molecule has 1 rings (SSSR count). The van der Waals surface area contributed by atoms with E-state index in [0.717, 1.165) is 11.3 Å². The van der Waals surface area contributed by atoms with Crippen LogP contribution in [0.15, 0.2) is 28.7 Å². The first-order chi connectivity index (χ1) is 7.43. The Morgan fingerprint density at radius 2 is 1.81 bits per heavy atom. The summed E-state index contributed by atoms with van der Waals surface area (Å²) in [6.07, 6.45) is 1.63. The van der Waals surface area contributed by atoms with Crippen molar-refractivity contribution in [3.05, 3.63) is 29.8 Å². The Labute approximate surface area is 99.1 Å². The maximum Gasteiger partial charge on any atom is 0.144 e. The summed E-state index contributed by atoms with van der Waals surface area (Å²) in [6.45, 7) is 5.69. The van der Waals surface area contributed by atoms with Crippen LogP contribution in [0, 0.1) is 0 Å². The van der Waals surface area contributed by atoms with E-state index < -0.39 is 11.0 Å². The molecule has 0 saturated carbocycles. The fraction of sp³-hybridized carbons (Fsp3) is 0.417. The average Bonchev–Trinajstić information content (AvgIpc) is 2.25. The minimum Gasteiger partial charge on any atom is -0.497 e. The summed E-state index contributed by atoms with van der Waals surface area (Å²) in [4.78, 5) is 0. The number of hydrogen-bond acceptors (Lipinski definition) is 2. The molecular formula is C12H17NO2S. The van der Waals surface area contributed by atoms with Gasteiger partial charge in [0.2, 0.25) is 0 Å². The Morgan fingerprint density at radius 3 is 2.25 bits per heavy atom. The minimum atomic E-state index is -1.21. The molecule has 0 fully saturated rings. The molecule has 0 aliphatic heterocycles. The molecule has 0 amide bonds. The van der Waals surface area contributed by atoms with Crippen molar-refractivity contribution in [1.82, 2.24) is 0 Å². The van der Waals surface area contributed by atoms with Gasteiger partial charge in [-0.05, 0) is 50.6 Å². The summed E-state index contributed by atoms with van der Waals surface area (Å²) >= 11 is 0. The van der Waals surface area contributed by atoms with E-state index in [2.05, 4.69) is 4.40 Å². The standard InChI is InChI=1S/C12H17NO2S/c1-12(2,3)16(14)13-9-10-5-7-11(15-4)8-6-10/h5-9H,1-4H3/b13-9+. The molecule has 3 nitrogen and oxygen atoms in total. The summed E-state index contributed by atoms with van der Waals surface area (Å²) < 4.78 is 20.4. The molecule has 0 heterocycles. The normalized spacial score (nSPS) is 14.0. The van der Waals surface area contributed by atoms with Crippen LogP contribution in [0.25, 0.3) is 0 Å². The van der Waals surface area contributed by atoms with Gasteiger partial charge in [0.05, 0.1) is 11.9 Å². The summed E-state index contributed by atoms with van der Waals surface area (Å²) in [5.74, 6) is 0.800. The fourth-order valence-corrected chi connectivity index (χ4v) is 1.49. The minimum absolute atomic E-state index is 0.316. The number of hydrogen-bond donors (Lipinski definition) is 0. The van der Waals surface area contributed by atoms with E-state index >= 15 is 0 Å². The molecule has 0 saturated heterocycles. The Hall–Kier alpha value is -1.16. The van der Waals surface area contributed by atoms with Crippen LogP contribution in [0.2, 0.25) is 0 Å². The van der Waals surface area contributed by atoms with Crippen molar-refractivity contribution < 1.29 is 8.95 Å². The Morgan fingerprint density at radius 1 is 1.25 bits per heavy atom. The van der Waals surface area contributed by atoms with Gasteiger partial charge in [0.1, 0.15) is 16.7 Å². The second-order valence-corrected chi connectivity index (χ2v) is 6.30. The first-order valence-corrected chi connectivity index (χ1v) is 6.14. The van der Waals surface area contributed by atoms with E-state index in [1.54, 1.807) is 13.3 Å². The molecule has 4 heteroatoms. The molecular weight excluding hydrogens is 222 g/mol. The molecule has 0 spiro atoms. The van der Waals surface area contributed by atoms with Crippen molar-refractivity contribution in [3.8, 4) is 5.75 Å². The van der Waals surface area contributed by atoms with Gasteiger partial charge in [0, 0.05) is 6.21 Å². The van der Waals surface area contributed by atoms with Crippen molar-refractivity contribution in [2.45, 2.75) is 25.5 Å². The van der Waals surface area contributed by atoms with Crippen LogP contribution in [-0.4, -0.2) is 22.3 Å². The lowest BCUT2D eigenvalue weighted by Gasteiger charge is -2.12. The number of methoxy groups -OCH3 is 1. The molecule has 1 aromatic carbocycles. The van der Waals surface area contributed by atoms with Gasteiger partial charge in [0.15, 0.2) is 0 Å². The summed E-state index contributed by atoms with van der Waals surface area (Å²) in [7, 11) is 0.416. The van der Waals surface area contributed by atoms with E-state index in [1.807, 2.05) is 45.0 Å². The van der Waals surface area contributed by atoms with Gasteiger partial charge in [-0.2, -0.15) is 4.40 Å². The molecule has 0 aliphatic carbocycles. The first-order valence-electron chi connectivity index (χ1n) is 5.03. The highest BCUT2D eigenvalue weighted by atomic mass is 32.2. The first kappa shape index (κ1) is 12.9. The molecule has 0 radical (unpaired) electrons. The molecule has 1 aromatic rings. The Kier molecular flexibility index (Phi) is 4.24. The molecule has 0 aliphatic rings. The molecule has 1 atom stereocenters. The van der Waals surface area contributed by atoms with Gasteiger partial charge in [-0.3, -0.25) is 0 Å². The fourth-order valence-electron chi connectivity index (χ4n) is 0.957. The molecule has 1 unspecified atom stereocenters. The Balaban J connectivity index is 2.73. The summed E-state index contributed by atoms with van der Waals surface area (Å²) in [6, 6.07) is 7.45. The largest absolute Gasteiger partial charge is 0.497 e. The lowest BCUT2D eigenvalue weighted by molar-refractivity contribution is 0.415. The smallest absolute Gasteiger partial charge is 0.144 e. The van der Waals surface area contributed by atoms with Crippen LogP contribution in [-0.2, 0) is 11.0 Å². The third kappa shape index (κ3) is 3.77. The van der Waals surface area contributed by atoms with E-state index in [9.17, 15) is 4.21 Å². The highest BCUT2D eigenvalue weighted by molar-refractivity contribution is 7.85. The van der Waals surface area contributed by atoms with Crippen molar-refractivity contribution in [3.63, 3.8) is 0 Å². The number of nitrogens with zero attached hydrogens (tertiary/aromatic N) is 1. The van der Waals surface area contributed by atoms with E-state index in [-0.39, 0.29) is 4.75 Å². The van der Waals surface area contributed by atoms with Gasteiger partial charge >= 0.3 is 0 Å². The van der Waals surface area contributed by atoms with Crippen LogP contribution in [0.1, 0.15) is 26.3 Å². The van der Waals surface area contributed by atoms with Gasteiger partial charge < -0.3 is 4.74 Å². The third-order valence-electron chi connectivity index (χ3n) is 1.94. The molecule has 0 N–H and O–H groups in total. The highest BCUT2D eigenvalue weighted by Gasteiger charge is 2.17. The quantitative estimate of drug-likeness (QED) is 0.760. The number of ether oxygens (including phenoxy) is 1. The van der Waals surface area contributed by atoms with Gasteiger partial charge in [0.25, 0.3) is 0 Å².